The molecular formula is C17H21ClN2O. The van der Waals surface area contributed by atoms with Crippen molar-refractivity contribution in [3.63, 3.8) is 0 Å². The first kappa shape index (κ1) is 15.6. The van der Waals surface area contributed by atoms with Gasteiger partial charge in [-0.05, 0) is 42.7 Å². The first-order valence-electron chi connectivity index (χ1n) is 7.27. The molecule has 2 aromatic rings. The fourth-order valence-electron chi connectivity index (χ4n) is 1.90. The molecule has 0 spiro atoms. The van der Waals surface area contributed by atoms with Crippen molar-refractivity contribution in [2.24, 2.45) is 0 Å². The van der Waals surface area contributed by atoms with E-state index in [0.717, 1.165) is 43.0 Å². The van der Waals surface area contributed by atoms with E-state index in [1.807, 2.05) is 25.1 Å². The smallest absolute Gasteiger partial charge is 0.132 e. The maximum atomic E-state index is 5.91. The molecule has 0 bridgehead atoms. The molecule has 1 heterocycles. The average Bonchev–Trinajstić information content (AvgIpc) is 2.50. The summed E-state index contributed by atoms with van der Waals surface area (Å²) in [5.41, 5.74) is 3.15. The van der Waals surface area contributed by atoms with Crippen LogP contribution in [-0.4, -0.2) is 11.6 Å². The van der Waals surface area contributed by atoms with E-state index in [1.54, 1.807) is 6.20 Å². The fraction of sp³-hybridized carbons (Fsp3) is 0.353. The Morgan fingerprint density at radius 2 is 2.00 bits per heavy atom. The minimum absolute atomic E-state index is 0.550. The number of nitrogens with zero attached hydrogens (tertiary/aromatic N) is 1. The Morgan fingerprint density at radius 3 is 2.67 bits per heavy atom. The Kier molecular flexibility index (Phi) is 5.88. The van der Waals surface area contributed by atoms with E-state index in [1.165, 1.54) is 5.56 Å². The molecule has 0 aliphatic carbocycles. The van der Waals surface area contributed by atoms with Gasteiger partial charge >= 0.3 is 0 Å². The monoisotopic (exact) mass is 304 g/mol. The van der Waals surface area contributed by atoms with E-state index in [9.17, 15) is 0 Å². The van der Waals surface area contributed by atoms with E-state index in [4.69, 9.17) is 16.3 Å². The van der Waals surface area contributed by atoms with Crippen molar-refractivity contribution in [2.45, 2.75) is 33.2 Å². The third-order valence-electron chi connectivity index (χ3n) is 3.20. The topological polar surface area (TPSA) is 34.1 Å². The number of anilines is 1. The Bertz CT molecular complexity index is 570. The van der Waals surface area contributed by atoms with E-state index in [-0.39, 0.29) is 0 Å². The molecule has 3 nitrogen and oxygen atoms in total. The van der Waals surface area contributed by atoms with E-state index >= 15 is 0 Å². The van der Waals surface area contributed by atoms with Gasteiger partial charge < -0.3 is 10.1 Å². The molecule has 0 aliphatic heterocycles. The van der Waals surface area contributed by atoms with Crippen LogP contribution in [0.1, 0.15) is 30.9 Å². The van der Waals surface area contributed by atoms with Crippen molar-refractivity contribution < 1.29 is 4.74 Å². The molecule has 0 saturated heterocycles. The van der Waals surface area contributed by atoms with Crippen molar-refractivity contribution >= 4 is 17.3 Å². The van der Waals surface area contributed by atoms with Crippen LogP contribution in [0.15, 0.2) is 36.5 Å². The first-order valence-corrected chi connectivity index (χ1v) is 7.64. The molecule has 1 aromatic heterocycles. The van der Waals surface area contributed by atoms with Crippen molar-refractivity contribution in [2.75, 3.05) is 11.9 Å². The summed E-state index contributed by atoms with van der Waals surface area (Å²) in [5.74, 6) is 0.927. The van der Waals surface area contributed by atoms with Crippen LogP contribution in [0.2, 0.25) is 5.15 Å². The molecule has 4 heteroatoms. The zero-order chi connectivity index (χ0) is 15.1. The molecule has 0 aliphatic rings. The predicted octanol–water partition coefficient (Wildman–Crippen LogP) is 4.83. The van der Waals surface area contributed by atoms with Gasteiger partial charge in [0.2, 0.25) is 0 Å². The zero-order valence-electron chi connectivity index (χ0n) is 12.5. The number of ether oxygens (including phenoxy) is 1. The number of hydrogen-bond acceptors (Lipinski definition) is 3. The highest BCUT2D eigenvalue weighted by Gasteiger charge is 2.00. The lowest BCUT2D eigenvalue weighted by Gasteiger charge is -2.09. The fourth-order valence-corrected chi connectivity index (χ4v) is 2.00. The van der Waals surface area contributed by atoms with Crippen LogP contribution in [0.4, 0.5) is 5.69 Å². The summed E-state index contributed by atoms with van der Waals surface area (Å²) in [4.78, 5) is 4.13. The van der Waals surface area contributed by atoms with Crippen molar-refractivity contribution in [1.82, 2.24) is 4.98 Å². The molecule has 2 rings (SSSR count). The quantitative estimate of drug-likeness (QED) is 0.587. The van der Waals surface area contributed by atoms with Gasteiger partial charge in [0.15, 0.2) is 0 Å². The number of rotatable bonds is 7. The van der Waals surface area contributed by atoms with Gasteiger partial charge in [0, 0.05) is 6.54 Å². The van der Waals surface area contributed by atoms with Gasteiger partial charge in [0.05, 0.1) is 18.5 Å². The number of benzene rings is 1. The van der Waals surface area contributed by atoms with Crippen LogP contribution in [0.5, 0.6) is 5.75 Å². The number of aromatic nitrogens is 1. The molecule has 0 radical (unpaired) electrons. The van der Waals surface area contributed by atoms with E-state index < -0.39 is 0 Å². The highest BCUT2D eigenvalue weighted by Crippen LogP contribution is 2.18. The SMILES string of the molecule is CCCCOc1ccc(CNc2cnc(Cl)c(C)c2)cc1. The van der Waals surface area contributed by atoms with Gasteiger partial charge in [-0.1, -0.05) is 37.1 Å². The maximum Gasteiger partial charge on any atom is 0.132 e. The predicted molar refractivity (Wildman–Crippen MR) is 88.2 cm³/mol. The summed E-state index contributed by atoms with van der Waals surface area (Å²) in [5, 5.41) is 3.89. The molecule has 21 heavy (non-hydrogen) atoms. The van der Waals surface area contributed by atoms with Crippen LogP contribution in [0, 0.1) is 6.92 Å². The Hall–Kier alpha value is -1.74. The lowest BCUT2D eigenvalue weighted by atomic mass is 10.2. The van der Waals surface area contributed by atoms with Crippen molar-refractivity contribution in [1.29, 1.82) is 0 Å². The second kappa shape index (κ2) is 7.89. The van der Waals surface area contributed by atoms with Crippen LogP contribution in [0.3, 0.4) is 0 Å². The summed E-state index contributed by atoms with van der Waals surface area (Å²) in [6, 6.07) is 10.2. The number of aryl methyl sites for hydroxylation is 1. The summed E-state index contributed by atoms with van der Waals surface area (Å²) in [7, 11) is 0. The Labute approximate surface area is 131 Å². The lowest BCUT2D eigenvalue weighted by Crippen LogP contribution is -2.01. The molecule has 0 unspecified atom stereocenters. The number of hydrogen-bond donors (Lipinski definition) is 1. The zero-order valence-corrected chi connectivity index (χ0v) is 13.3. The minimum atomic E-state index is 0.550. The highest BCUT2D eigenvalue weighted by atomic mass is 35.5. The Morgan fingerprint density at radius 1 is 1.24 bits per heavy atom. The largest absolute Gasteiger partial charge is 0.494 e. The van der Waals surface area contributed by atoms with Crippen LogP contribution in [0.25, 0.3) is 0 Å². The van der Waals surface area contributed by atoms with Crippen molar-refractivity contribution in [3.8, 4) is 5.75 Å². The van der Waals surface area contributed by atoms with Crippen LogP contribution in [-0.2, 0) is 6.54 Å². The summed E-state index contributed by atoms with van der Waals surface area (Å²) < 4.78 is 5.65. The lowest BCUT2D eigenvalue weighted by molar-refractivity contribution is 0.309. The van der Waals surface area contributed by atoms with Gasteiger partial charge in [-0.15, -0.1) is 0 Å². The molecule has 112 valence electrons. The third kappa shape index (κ3) is 4.94. The first-order chi connectivity index (χ1) is 10.2. The number of halogens is 1. The minimum Gasteiger partial charge on any atom is -0.494 e. The number of pyridine rings is 1. The van der Waals surface area contributed by atoms with Crippen LogP contribution < -0.4 is 10.1 Å². The standard InChI is InChI=1S/C17H21ClN2O/c1-3-4-9-21-16-7-5-14(6-8-16)11-19-15-10-13(2)17(18)20-12-15/h5-8,10,12,19H,3-4,9,11H2,1-2H3. The second-order valence-corrected chi connectivity index (χ2v) is 5.39. The van der Waals surface area contributed by atoms with Crippen molar-refractivity contribution in [3.05, 3.63) is 52.8 Å². The molecule has 0 amide bonds. The second-order valence-electron chi connectivity index (χ2n) is 5.03. The molecule has 1 N–H and O–H groups in total. The van der Waals surface area contributed by atoms with Gasteiger partial charge in [-0.2, -0.15) is 0 Å². The summed E-state index contributed by atoms with van der Waals surface area (Å²) >= 11 is 5.91. The van der Waals surface area contributed by atoms with E-state index in [0.29, 0.717) is 5.15 Å². The Balaban J connectivity index is 1.86. The van der Waals surface area contributed by atoms with E-state index in [2.05, 4.69) is 29.4 Å². The number of nitrogens with one attached hydrogen (secondary N) is 1. The molecular weight excluding hydrogens is 284 g/mol. The van der Waals surface area contributed by atoms with Gasteiger partial charge in [0.1, 0.15) is 10.9 Å². The summed E-state index contributed by atoms with van der Waals surface area (Å²) in [6.07, 6.45) is 3.99. The molecule has 0 saturated carbocycles. The summed E-state index contributed by atoms with van der Waals surface area (Å²) in [6.45, 7) is 5.64. The van der Waals surface area contributed by atoms with Gasteiger partial charge in [0.25, 0.3) is 0 Å². The van der Waals surface area contributed by atoms with Crippen LogP contribution >= 0.6 is 11.6 Å². The normalized spacial score (nSPS) is 10.4. The molecule has 1 aromatic carbocycles. The van der Waals surface area contributed by atoms with Gasteiger partial charge in [-0.3, -0.25) is 0 Å². The molecule has 0 fully saturated rings. The molecule has 0 atom stereocenters. The average molecular weight is 305 g/mol. The maximum absolute atomic E-state index is 5.91. The highest BCUT2D eigenvalue weighted by molar-refractivity contribution is 6.30. The number of unbranched alkanes of at least 4 members (excludes halogenated alkanes) is 1. The third-order valence-corrected chi connectivity index (χ3v) is 3.60. The van der Waals surface area contributed by atoms with Gasteiger partial charge in [-0.25, -0.2) is 4.98 Å².